The summed E-state index contributed by atoms with van der Waals surface area (Å²) in [6, 6.07) is 0. The lowest BCUT2D eigenvalue weighted by molar-refractivity contribution is -0.279. The van der Waals surface area contributed by atoms with Crippen LogP contribution in [0.25, 0.3) is 0 Å². The largest absolute Gasteiger partial charge is 0.458 e. The van der Waals surface area contributed by atoms with E-state index in [2.05, 4.69) is 19.6 Å². The van der Waals surface area contributed by atoms with Crippen molar-refractivity contribution in [2.24, 2.45) is 22.7 Å². The fourth-order valence-corrected chi connectivity index (χ4v) is 6.86. The van der Waals surface area contributed by atoms with Gasteiger partial charge in [-0.15, -0.1) is 0 Å². The second-order valence-corrected chi connectivity index (χ2v) is 11.5. The SMILES string of the molecule is C=C/C(C)=C\C[C@]1(C)[C@H](C)[C@@H](OC(=O)CCC)[C@H](OC(C)=O)[C@@]23C(=C[C@H](OC)C[C@@H]12)[C@@H](OC(C)=O)O[C@H]3OC(C)=O. The van der Waals surface area contributed by atoms with Gasteiger partial charge in [0.25, 0.3) is 0 Å². The quantitative estimate of drug-likeness (QED) is 0.158. The summed E-state index contributed by atoms with van der Waals surface area (Å²) in [5.74, 6) is -3.03. The molecule has 9 atom stereocenters. The van der Waals surface area contributed by atoms with E-state index in [0.717, 1.165) is 5.57 Å². The maximum absolute atomic E-state index is 13.0. The molecule has 228 valence electrons. The first-order valence-electron chi connectivity index (χ1n) is 14.2. The van der Waals surface area contributed by atoms with Gasteiger partial charge in [-0.25, -0.2) is 0 Å². The molecule has 1 saturated heterocycles. The standard InChI is InChI=1S/C31H44O10/c1-10-12-25(35)40-26-18(4)30(8,14-13-17(3)11-2)24-16-22(36-9)15-23-28(38-20(6)33)41-29(39-21(7)34)31(23,24)27(26)37-19(5)32/h11,13,15,18,22,24,26-29H,2,10,12,14,16H2,1,3-9H3/b17-13-/t18-,22+,24+,26-,27+,28+,29-,30-,31-/m1/s1. The Labute approximate surface area is 242 Å². The molecule has 0 radical (unpaired) electrons. The van der Waals surface area contributed by atoms with Crippen molar-refractivity contribution in [3.05, 3.63) is 36.0 Å². The number of hydrogen-bond donors (Lipinski definition) is 0. The van der Waals surface area contributed by atoms with Crippen molar-refractivity contribution in [3.8, 4) is 0 Å². The highest BCUT2D eigenvalue weighted by molar-refractivity contribution is 5.70. The van der Waals surface area contributed by atoms with Crippen LogP contribution in [-0.4, -0.2) is 61.9 Å². The highest BCUT2D eigenvalue weighted by atomic mass is 16.8. The van der Waals surface area contributed by atoms with E-state index < -0.39 is 71.5 Å². The van der Waals surface area contributed by atoms with Crippen molar-refractivity contribution < 1.29 is 47.6 Å². The van der Waals surface area contributed by atoms with E-state index in [1.54, 1.807) is 19.3 Å². The van der Waals surface area contributed by atoms with Crippen LogP contribution in [0.15, 0.2) is 36.0 Å². The van der Waals surface area contributed by atoms with Crippen LogP contribution in [0.5, 0.6) is 0 Å². The molecule has 0 aromatic heterocycles. The molecule has 3 aliphatic rings. The van der Waals surface area contributed by atoms with Crippen LogP contribution < -0.4 is 0 Å². The first-order valence-corrected chi connectivity index (χ1v) is 14.2. The van der Waals surface area contributed by atoms with Gasteiger partial charge in [0.15, 0.2) is 6.10 Å². The van der Waals surface area contributed by atoms with E-state index in [0.29, 0.717) is 24.8 Å². The molecule has 10 nitrogen and oxygen atoms in total. The molecule has 0 aromatic rings. The smallest absolute Gasteiger partial charge is 0.306 e. The molecule has 1 spiro atoms. The lowest BCUT2D eigenvalue weighted by atomic mass is 9.44. The number of allylic oxidation sites excluding steroid dienone is 3. The zero-order valence-corrected chi connectivity index (χ0v) is 25.4. The Balaban J connectivity index is 2.41. The van der Waals surface area contributed by atoms with Gasteiger partial charge >= 0.3 is 23.9 Å². The van der Waals surface area contributed by atoms with Crippen LogP contribution in [0.1, 0.15) is 74.1 Å². The van der Waals surface area contributed by atoms with Gasteiger partial charge in [0.1, 0.15) is 11.5 Å². The van der Waals surface area contributed by atoms with E-state index in [-0.39, 0.29) is 12.3 Å². The molecule has 10 heteroatoms. The van der Waals surface area contributed by atoms with Gasteiger partial charge in [-0.2, -0.15) is 0 Å². The molecule has 1 heterocycles. The summed E-state index contributed by atoms with van der Waals surface area (Å²) in [4.78, 5) is 50.4. The summed E-state index contributed by atoms with van der Waals surface area (Å²) in [5.41, 5.74) is -0.587. The normalized spacial score (nSPS) is 36.2. The summed E-state index contributed by atoms with van der Waals surface area (Å²) in [7, 11) is 1.58. The van der Waals surface area contributed by atoms with Crippen LogP contribution >= 0.6 is 0 Å². The topological polar surface area (TPSA) is 124 Å². The Hall–Kier alpha value is -2.98. The first-order chi connectivity index (χ1) is 19.3. The average Bonchev–Trinajstić information content (AvgIpc) is 3.18. The predicted molar refractivity (Wildman–Crippen MR) is 148 cm³/mol. The maximum Gasteiger partial charge on any atom is 0.306 e. The number of rotatable bonds is 10. The number of carbonyl (C=O) groups excluding carboxylic acids is 4. The summed E-state index contributed by atoms with van der Waals surface area (Å²) < 4.78 is 35.6. The van der Waals surface area contributed by atoms with Crippen LogP contribution in [0, 0.1) is 22.7 Å². The van der Waals surface area contributed by atoms with Crippen LogP contribution in [0.2, 0.25) is 0 Å². The van der Waals surface area contributed by atoms with Crippen molar-refractivity contribution in [3.63, 3.8) is 0 Å². The van der Waals surface area contributed by atoms with Gasteiger partial charge in [-0.05, 0) is 43.6 Å². The predicted octanol–water partition coefficient (Wildman–Crippen LogP) is 4.56. The third-order valence-electron chi connectivity index (χ3n) is 8.95. The molecule has 2 aliphatic carbocycles. The zero-order chi connectivity index (χ0) is 30.7. The van der Waals surface area contributed by atoms with Crippen molar-refractivity contribution in [2.75, 3.05) is 7.11 Å². The number of methoxy groups -OCH3 is 1. The van der Waals surface area contributed by atoms with E-state index in [4.69, 9.17) is 28.4 Å². The molecule has 1 aliphatic heterocycles. The molecular formula is C31H44O10. The minimum atomic E-state index is -1.36. The fourth-order valence-electron chi connectivity index (χ4n) is 6.86. The summed E-state index contributed by atoms with van der Waals surface area (Å²) in [6.07, 6.45) is 2.31. The Morgan fingerprint density at radius 2 is 1.68 bits per heavy atom. The molecule has 0 N–H and O–H groups in total. The van der Waals surface area contributed by atoms with E-state index in [1.807, 2.05) is 20.8 Å². The summed E-state index contributed by atoms with van der Waals surface area (Å²) in [5, 5.41) is 0. The Kier molecular flexibility index (Phi) is 10.2. The Morgan fingerprint density at radius 3 is 2.22 bits per heavy atom. The van der Waals surface area contributed by atoms with Gasteiger partial charge < -0.3 is 23.7 Å². The molecular weight excluding hydrogens is 532 g/mol. The minimum absolute atomic E-state index is 0.174. The molecule has 0 amide bonds. The van der Waals surface area contributed by atoms with Crippen molar-refractivity contribution >= 4 is 23.9 Å². The van der Waals surface area contributed by atoms with E-state index >= 15 is 0 Å². The number of ether oxygens (including phenoxy) is 6. The van der Waals surface area contributed by atoms with E-state index in [9.17, 15) is 19.2 Å². The molecule has 41 heavy (non-hydrogen) atoms. The molecule has 0 aromatic carbocycles. The van der Waals surface area contributed by atoms with Crippen molar-refractivity contribution in [1.29, 1.82) is 0 Å². The second kappa shape index (κ2) is 12.9. The van der Waals surface area contributed by atoms with Crippen LogP contribution in [0.3, 0.4) is 0 Å². The third kappa shape index (κ3) is 6.14. The highest BCUT2D eigenvalue weighted by Crippen LogP contribution is 2.68. The number of hydrogen-bond acceptors (Lipinski definition) is 10. The highest BCUT2D eigenvalue weighted by Gasteiger charge is 2.75. The van der Waals surface area contributed by atoms with Crippen LogP contribution in [-0.2, 0) is 47.6 Å². The van der Waals surface area contributed by atoms with Crippen molar-refractivity contribution in [1.82, 2.24) is 0 Å². The molecule has 0 bridgehead atoms. The van der Waals surface area contributed by atoms with Gasteiger partial charge in [-0.3, -0.25) is 23.9 Å². The third-order valence-corrected chi connectivity index (χ3v) is 8.95. The van der Waals surface area contributed by atoms with Gasteiger partial charge in [0.2, 0.25) is 12.6 Å². The molecule has 0 unspecified atom stereocenters. The summed E-state index contributed by atoms with van der Waals surface area (Å²) in [6.45, 7) is 15.5. The van der Waals surface area contributed by atoms with Crippen molar-refractivity contribution in [2.45, 2.75) is 105 Å². The lowest BCUT2D eigenvalue weighted by Crippen LogP contribution is -2.69. The summed E-state index contributed by atoms with van der Waals surface area (Å²) >= 11 is 0. The lowest BCUT2D eigenvalue weighted by Gasteiger charge is -2.62. The Morgan fingerprint density at radius 1 is 1.05 bits per heavy atom. The first kappa shape index (κ1) is 32.5. The monoisotopic (exact) mass is 576 g/mol. The molecule has 1 saturated carbocycles. The van der Waals surface area contributed by atoms with E-state index in [1.165, 1.54) is 20.8 Å². The Bertz CT molecular complexity index is 1110. The number of esters is 4. The van der Waals surface area contributed by atoms with Crippen LogP contribution in [0.4, 0.5) is 0 Å². The zero-order valence-electron chi connectivity index (χ0n) is 25.4. The molecule has 2 fully saturated rings. The average molecular weight is 577 g/mol. The minimum Gasteiger partial charge on any atom is -0.458 e. The van der Waals surface area contributed by atoms with Gasteiger partial charge in [0.05, 0.1) is 6.10 Å². The number of carbonyl (C=O) groups is 4. The molecule has 3 rings (SSSR count). The second-order valence-electron chi connectivity index (χ2n) is 11.5. The van der Waals surface area contributed by atoms with Gasteiger partial charge in [-0.1, -0.05) is 45.1 Å². The van der Waals surface area contributed by atoms with Gasteiger partial charge in [0, 0.05) is 45.8 Å². The maximum atomic E-state index is 13.0. The fraction of sp³-hybridized carbons (Fsp3) is 0.677.